The molecule has 0 spiro atoms. The molecule has 0 atom stereocenters. The normalized spacial score (nSPS) is 14.3. The lowest BCUT2D eigenvalue weighted by Crippen LogP contribution is -2.35. The lowest BCUT2D eigenvalue weighted by atomic mass is 10.2. The van der Waals surface area contributed by atoms with Gasteiger partial charge in [0.1, 0.15) is 12.4 Å². The molecule has 0 aliphatic carbocycles. The maximum Gasteiger partial charge on any atom is 0.229 e. The first-order valence-electron chi connectivity index (χ1n) is 7.35. The van der Waals surface area contributed by atoms with Crippen LogP contribution in [0.15, 0.2) is 24.3 Å². The average Bonchev–Trinajstić information content (AvgIpc) is 2.82. The van der Waals surface area contributed by atoms with Crippen LogP contribution < -0.4 is 10.1 Å². The molecule has 2 rings (SSSR count). The third-order valence-corrected chi connectivity index (χ3v) is 3.43. The number of aryl methyl sites for hydroxylation is 1. The summed E-state index contributed by atoms with van der Waals surface area (Å²) in [5.74, 6) is 0.175. The molecule has 0 unspecified atom stereocenters. The van der Waals surface area contributed by atoms with Crippen LogP contribution in [0, 0.1) is 6.92 Å². The molecular formula is C16H20N2O4. The fourth-order valence-corrected chi connectivity index (χ4v) is 2.17. The fraction of sp³-hybridized carbons (Fsp3) is 0.438. The van der Waals surface area contributed by atoms with Crippen molar-refractivity contribution in [2.75, 3.05) is 19.7 Å². The Labute approximate surface area is 129 Å². The number of amides is 3. The number of nitrogens with zero attached hydrogens (tertiary/aromatic N) is 1. The summed E-state index contributed by atoms with van der Waals surface area (Å²) >= 11 is 0. The van der Waals surface area contributed by atoms with Gasteiger partial charge < -0.3 is 10.1 Å². The van der Waals surface area contributed by atoms with Gasteiger partial charge in [-0.1, -0.05) is 17.7 Å². The molecule has 0 saturated carbocycles. The molecule has 0 aromatic heterocycles. The van der Waals surface area contributed by atoms with Gasteiger partial charge in [-0.05, 0) is 19.1 Å². The van der Waals surface area contributed by atoms with Crippen LogP contribution in [0.4, 0.5) is 0 Å². The molecule has 3 amide bonds. The number of hydrogen-bond acceptors (Lipinski definition) is 4. The summed E-state index contributed by atoms with van der Waals surface area (Å²) < 4.78 is 5.49. The Morgan fingerprint density at radius 3 is 2.45 bits per heavy atom. The molecule has 1 aromatic rings. The minimum absolute atomic E-state index is 0.127. The predicted octanol–water partition coefficient (Wildman–Crippen LogP) is 1.03. The van der Waals surface area contributed by atoms with Crippen LogP contribution in [0.2, 0.25) is 0 Å². The number of rotatable bonds is 7. The highest BCUT2D eigenvalue weighted by Gasteiger charge is 2.28. The third kappa shape index (κ3) is 4.58. The van der Waals surface area contributed by atoms with E-state index in [0.717, 1.165) is 16.2 Å². The number of hydrogen-bond donors (Lipinski definition) is 1. The lowest BCUT2D eigenvalue weighted by Gasteiger charge is -2.13. The summed E-state index contributed by atoms with van der Waals surface area (Å²) in [7, 11) is 0. The van der Waals surface area contributed by atoms with E-state index in [1.165, 1.54) is 0 Å². The predicted molar refractivity (Wildman–Crippen MR) is 80.3 cm³/mol. The van der Waals surface area contributed by atoms with Crippen molar-refractivity contribution in [3.8, 4) is 5.75 Å². The number of likely N-dealkylation sites (tertiary alicyclic amines) is 1. The maximum absolute atomic E-state index is 11.7. The molecule has 1 saturated heterocycles. The highest BCUT2D eigenvalue weighted by atomic mass is 16.5. The second-order valence-electron chi connectivity index (χ2n) is 5.20. The van der Waals surface area contributed by atoms with Crippen molar-refractivity contribution < 1.29 is 19.1 Å². The van der Waals surface area contributed by atoms with Crippen LogP contribution in [0.5, 0.6) is 5.75 Å². The molecule has 0 bridgehead atoms. The zero-order chi connectivity index (χ0) is 15.9. The zero-order valence-electron chi connectivity index (χ0n) is 12.6. The summed E-state index contributed by atoms with van der Waals surface area (Å²) in [5.41, 5.74) is 1.16. The van der Waals surface area contributed by atoms with E-state index in [1.807, 2.05) is 31.2 Å². The molecule has 1 aliphatic rings. The van der Waals surface area contributed by atoms with Gasteiger partial charge in [0.05, 0.1) is 6.54 Å². The Morgan fingerprint density at radius 1 is 1.18 bits per heavy atom. The van der Waals surface area contributed by atoms with E-state index in [0.29, 0.717) is 13.2 Å². The SMILES string of the molecule is Cc1ccc(OCCNC(=O)CCN2C(=O)CCC2=O)cc1. The van der Waals surface area contributed by atoms with Crippen molar-refractivity contribution in [2.45, 2.75) is 26.2 Å². The molecule has 118 valence electrons. The Hall–Kier alpha value is -2.37. The van der Waals surface area contributed by atoms with Gasteiger partial charge in [0.25, 0.3) is 0 Å². The maximum atomic E-state index is 11.7. The minimum Gasteiger partial charge on any atom is -0.492 e. The molecular weight excluding hydrogens is 284 g/mol. The van der Waals surface area contributed by atoms with Crippen LogP contribution in [-0.4, -0.2) is 42.3 Å². The highest BCUT2D eigenvalue weighted by Crippen LogP contribution is 2.12. The Bertz CT molecular complexity index is 538. The van der Waals surface area contributed by atoms with Crippen molar-refractivity contribution in [3.63, 3.8) is 0 Å². The van der Waals surface area contributed by atoms with Crippen LogP contribution in [0.1, 0.15) is 24.8 Å². The molecule has 1 aliphatic heterocycles. The number of ether oxygens (including phenoxy) is 1. The number of carbonyl (C=O) groups excluding carboxylic acids is 3. The summed E-state index contributed by atoms with van der Waals surface area (Å²) in [5, 5.41) is 2.70. The van der Waals surface area contributed by atoms with Crippen LogP contribution >= 0.6 is 0 Å². The third-order valence-electron chi connectivity index (χ3n) is 3.43. The molecule has 1 N–H and O–H groups in total. The summed E-state index contributed by atoms with van der Waals surface area (Å²) in [4.78, 5) is 35.6. The number of nitrogens with one attached hydrogen (secondary N) is 1. The van der Waals surface area contributed by atoms with Gasteiger partial charge >= 0.3 is 0 Å². The molecule has 22 heavy (non-hydrogen) atoms. The van der Waals surface area contributed by atoms with Crippen molar-refractivity contribution in [1.29, 1.82) is 0 Å². The molecule has 1 aromatic carbocycles. The van der Waals surface area contributed by atoms with Gasteiger partial charge in [0.15, 0.2) is 0 Å². The fourth-order valence-electron chi connectivity index (χ4n) is 2.17. The Kier molecular flexibility index (Phi) is 5.52. The first-order valence-corrected chi connectivity index (χ1v) is 7.35. The smallest absolute Gasteiger partial charge is 0.229 e. The van der Waals surface area contributed by atoms with E-state index in [4.69, 9.17) is 4.74 Å². The average molecular weight is 304 g/mol. The number of imide groups is 1. The van der Waals surface area contributed by atoms with Crippen molar-refractivity contribution in [1.82, 2.24) is 10.2 Å². The Balaban J connectivity index is 1.60. The first-order chi connectivity index (χ1) is 10.6. The first kappa shape index (κ1) is 16.0. The van der Waals surface area contributed by atoms with Crippen molar-refractivity contribution in [2.24, 2.45) is 0 Å². The van der Waals surface area contributed by atoms with Gasteiger partial charge in [-0.15, -0.1) is 0 Å². The second-order valence-corrected chi connectivity index (χ2v) is 5.20. The molecule has 0 radical (unpaired) electrons. The highest BCUT2D eigenvalue weighted by molar-refractivity contribution is 6.02. The monoisotopic (exact) mass is 304 g/mol. The second kappa shape index (κ2) is 7.59. The van der Waals surface area contributed by atoms with Crippen molar-refractivity contribution >= 4 is 17.7 Å². The van der Waals surface area contributed by atoms with Crippen LogP contribution in [0.25, 0.3) is 0 Å². The van der Waals surface area contributed by atoms with E-state index in [2.05, 4.69) is 5.32 Å². The van der Waals surface area contributed by atoms with Gasteiger partial charge in [0.2, 0.25) is 17.7 Å². The largest absolute Gasteiger partial charge is 0.492 e. The standard InChI is InChI=1S/C16H20N2O4/c1-12-2-4-13(5-3-12)22-11-9-17-14(19)8-10-18-15(20)6-7-16(18)21/h2-5H,6-11H2,1H3,(H,17,19). The van der Waals surface area contributed by atoms with Gasteiger partial charge in [0, 0.05) is 25.8 Å². The van der Waals surface area contributed by atoms with Gasteiger partial charge in [-0.3, -0.25) is 19.3 Å². The zero-order valence-corrected chi connectivity index (χ0v) is 12.6. The van der Waals surface area contributed by atoms with Gasteiger partial charge in [-0.25, -0.2) is 0 Å². The molecule has 6 nitrogen and oxygen atoms in total. The molecule has 6 heteroatoms. The van der Waals surface area contributed by atoms with Crippen molar-refractivity contribution in [3.05, 3.63) is 29.8 Å². The number of carbonyl (C=O) groups is 3. The topological polar surface area (TPSA) is 75.7 Å². The molecule has 1 fully saturated rings. The van der Waals surface area contributed by atoms with E-state index in [1.54, 1.807) is 0 Å². The quantitative estimate of drug-likeness (QED) is 0.603. The summed E-state index contributed by atoms with van der Waals surface area (Å²) in [6, 6.07) is 7.67. The van der Waals surface area contributed by atoms with Crippen LogP contribution in [0.3, 0.4) is 0 Å². The Morgan fingerprint density at radius 2 is 1.82 bits per heavy atom. The van der Waals surface area contributed by atoms with E-state index in [-0.39, 0.29) is 43.5 Å². The van der Waals surface area contributed by atoms with E-state index >= 15 is 0 Å². The summed E-state index contributed by atoms with van der Waals surface area (Å²) in [6.45, 7) is 2.91. The van der Waals surface area contributed by atoms with E-state index in [9.17, 15) is 14.4 Å². The summed E-state index contributed by atoms with van der Waals surface area (Å²) in [6.07, 6.45) is 0.637. The van der Waals surface area contributed by atoms with Crippen LogP contribution in [-0.2, 0) is 14.4 Å². The molecule has 1 heterocycles. The van der Waals surface area contributed by atoms with E-state index < -0.39 is 0 Å². The minimum atomic E-state index is -0.194. The van der Waals surface area contributed by atoms with Gasteiger partial charge in [-0.2, -0.15) is 0 Å². The lowest BCUT2D eigenvalue weighted by molar-refractivity contribution is -0.138. The number of benzene rings is 1.